The van der Waals surface area contributed by atoms with Gasteiger partial charge in [-0.15, -0.1) is 0 Å². The Morgan fingerprint density at radius 1 is 0.898 bits per heavy atom. The van der Waals surface area contributed by atoms with E-state index in [1.54, 1.807) is 6.07 Å². The fourth-order valence-electron chi connectivity index (χ4n) is 7.38. The number of benzene rings is 2. The number of fused-ring (bicyclic) bond motifs is 2. The summed E-state index contributed by atoms with van der Waals surface area (Å²) in [6.07, 6.45) is 14.1. The van der Waals surface area contributed by atoms with Crippen LogP contribution in [0.5, 0.6) is 0 Å². The minimum Gasteiger partial charge on any atom is -0.344 e. The van der Waals surface area contributed by atoms with E-state index in [1.165, 1.54) is 29.1 Å². The molecule has 0 spiro atoms. The molecular formula is C38H48ClN2O6S2+. The van der Waals surface area contributed by atoms with E-state index in [9.17, 15) is 25.9 Å². The average Bonchev–Trinajstić information content (AvgIpc) is 3.38. The lowest BCUT2D eigenvalue weighted by molar-refractivity contribution is -0.438. The molecule has 1 aliphatic carbocycles. The fraction of sp³-hybridized carbons (Fsp3) is 0.447. The Hall–Kier alpha value is -3.02. The van der Waals surface area contributed by atoms with Gasteiger partial charge < -0.3 is 4.90 Å². The zero-order valence-electron chi connectivity index (χ0n) is 29.0. The summed E-state index contributed by atoms with van der Waals surface area (Å²) in [6.45, 7) is 12.2. The van der Waals surface area contributed by atoms with Crippen molar-refractivity contribution in [2.75, 3.05) is 23.7 Å². The van der Waals surface area contributed by atoms with Crippen LogP contribution in [-0.4, -0.2) is 55.1 Å². The number of allylic oxidation sites excluding steroid dienone is 8. The molecule has 0 radical (unpaired) electrons. The first-order valence-corrected chi connectivity index (χ1v) is 20.5. The van der Waals surface area contributed by atoms with Crippen LogP contribution in [0.2, 0.25) is 0 Å². The van der Waals surface area contributed by atoms with E-state index in [-0.39, 0.29) is 22.5 Å². The molecular weight excluding hydrogens is 680 g/mol. The quantitative estimate of drug-likeness (QED) is 0.128. The van der Waals surface area contributed by atoms with Crippen molar-refractivity contribution in [1.29, 1.82) is 0 Å². The van der Waals surface area contributed by atoms with Crippen LogP contribution >= 0.6 is 11.6 Å². The van der Waals surface area contributed by atoms with Crippen LogP contribution in [0.3, 0.4) is 0 Å². The highest BCUT2D eigenvalue weighted by atomic mass is 35.5. The second-order valence-corrected chi connectivity index (χ2v) is 17.6. The monoisotopic (exact) mass is 727 g/mol. The van der Waals surface area contributed by atoms with E-state index in [0.29, 0.717) is 13.0 Å². The number of nitrogens with zero attached hydrogens (tertiary/aromatic N) is 2. The van der Waals surface area contributed by atoms with Crippen molar-refractivity contribution in [3.8, 4) is 0 Å². The van der Waals surface area contributed by atoms with Gasteiger partial charge in [0.25, 0.3) is 20.2 Å². The van der Waals surface area contributed by atoms with Gasteiger partial charge in [-0.1, -0.05) is 69.1 Å². The van der Waals surface area contributed by atoms with Gasteiger partial charge in [-0.25, -0.2) is 0 Å². The minimum atomic E-state index is -4.41. The van der Waals surface area contributed by atoms with Gasteiger partial charge in [0.05, 0.1) is 16.1 Å². The van der Waals surface area contributed by atoms with Crippen molar-refractivity contribution >= 4 is 48.9 Å². The van der Waals surface area contributed by atoms with Gasteiger partial charge in [0.15, 0.2) is 5.71 Å². The molecule has 3 aliphatic rings. The maximum absolute atomic E-state index is 12.0. The number of anilines is 1. The van der Waals surface area contributed by atoms with Crippen molar-refractivity contribution in [3.05, 3.63) is 99.8 Å². The number of para-hydroxylation sites is 1. The molecule has 2 heterocycles. The third-order valence-electron chi connectivity index (χ3n) is 10.1. The molecule has 2 aromatic rings. The molecule has 0 amide bonds. The summed E-state index contributed by atoms with van der Waals surface area (Å²) < 4.78 is 68.1. The number of hydrogen-bond donors (Lipinski definition) is 2. The van der Waals surface area contributed by atoms with Gasteiger partial charge in [0.2, 0.25) is 5.69 Å². The van der Waals surface area contributed by atoms with Crippen LogP contribution in [0, 0.1) is 0 Å². The van der Waals surface area contributed by atoms with Gasteiger partial charge in [-0.05, 0) is 86.9 Å². The Labute approximate surface area is 297 Å². The molecule has 264 valence electrons. The van der Waals surface area contributed by atoms with Crippen LogP contribution in [-0.2, 0) is 31.1 Å². The molecule has 0 unspecified atom stereocenters. The van der Waals surface area contributed by atoms with E-state index in [0.717, 1.165) is 71.8 Å². The Balaban J connectivity index is 1.50. The third-order valence-corrected chi connectivity index (χ3v) is 12.2. The first-order chi connectivity index (χ1) is 23.0. The molecule has 5 rings (SSSR count). The smallest absolute Gasteiger partial charge is 0.294 e. The van der Waals surface area contributed by atoms with Gasteiger partial charge >= 0.3 is 0 Å². The van der Waals surface area contributed by atoms with Gasteiger partial charge in [-0.3, -0.25) is 9.11 Å². The van der Waals surface area contributed by atoms with Crippen LogP contribution in [0.4, 0.5) is 11.4 Å². The maximum atomic E-state index is 12.0. The fourth-order valence-corrected chi connectivity index (χ4v) is 8.77. The molecule has 2 aromatic carbocycles. The molecule has 0 aromatic heterocycles. The zero-order chi connectivity index (χ0) is 35.8. The second kappa shape index (κ2) is 14.3. The van der Waals surface area contributed by atoms with Crippen LogP contribution in [0.25, 0.3) is 0 Å². The predicted octanol–water partition coefficient (Wildman–Crippen LogP) is 8.62. The number of halogens is 1. The summed E-state index contributed by atoms with van der Waals surface area (Å²) in [5, 5.41) is 0.732. The summed E-state index contributed by atoms with van der Waals surface area (Å²) in [5.74, 6) is -0.336. The van der Waals surface area contributed by atoms with Crippen LogP contribution in [0.1, 0.15) is 90.7 Å². The van der Waals surface area contributed by atoms with E-state index >= 15 is 0 Å². The first kappa shape index (κ1) is 37.2. The summed E-state index contributed by atoms with van der Waals surface area (Å²) in [6, 6.07) is 13.2. The Morgan fingerprint density at radius 2 is 1.63 bits per heavy atom. The third kappa shape index (κ3) is 7.84. The van der Waals surface area contributed by atoms with Gasteiger partial charge in [0.1, 0.15) is 6.54 Å². The van der Waals surface area contributed by atoms with Crippen molar-refractivity contribution < 1.29 is 30.5 Å². The molecule has 0 saturated carbocycles. The second-order valence-electron chi connectivity index (χ2n) is 14.2. The summed E-state index contributed by atoms with van der Waals surface area (Å²) in [4.78, 5) is 1.88. The first-order valence-electron chi connectivity index (χ1n) is 17.0. The average molecular weight is 728 g/mol. The SMILES string of the molecule is CCCC[N+]1=C(C=CC2=C(Cl)C(=CC=C3N(CCCCS(=O)(=O)O)c4ccc(S(=O)(=O)O)cc4C3(C)C)CCC2)C(C)(C)c2ccccc21. The summed E-state index contributed by atoms with van der Waals surface area (Å²) in [5.41, 5.74) is 7.59. The molecule has 2 N–H and O–H groups in total. The van der Waals surface area contributed by atoms with E-state index in [1.807, 2.05) is 26.0 Å². The molecule has 0 atom stereocenters. The lowest BCUT2D eigenvalue weighted by Crippen LogP contribution is -2.28. The lowest BCUT2D eigenvalue weighted by atomic mass is 9.81. The largest absolute Gasteiger partial charge is 0.344 e. The minimum absolute atomic E-state index is 0.144. The molecule has 49 heavy (non-hydrogen) atoms. The summed E-state index contributed by atoms with van der Waals surface area (Å²) in [7, 11) is -8.49. The van der Waals surface area contributed by atoms with Crippen molar-refractivity contribution in [3.63, 3.8) is 0 Å². The lowest BCUT2D eigenvalue weighted by Gasteiger charge is -2.27. The Morgan fingerprint density at radius 3 is 2.33 bits per heavy atom. The topological polar surface area (TPSA) is 115 Å². The number of hydrogen-bond acceptors (Lipinski definition) is 5. The van der Waals surface area contributed by atoms with Crippen molar-refractivity contribution in [1.82, 2.24) is 0 Å². The predicted molar refractivity (Wildman–Crippen MR) is 198 cm³/mol. The summed E-state index contributed by atoms with van der Waals surface area (Å²) >= 11 is 7.13. The number of unbranched alkanes of at least 4 members (excludes halogenated alkanes) is 2. The zero-order valence-corrected chi connectivity index (χ0v) is 31.4. The van der Waals surface area contributed by atoms with E-state index < -0.39 is 25.7 Å². The van der Waals surface area contributed by atoms with E-state index in [2.05, 4.69) is 66.7 Å². The Kier molecular flexibility index (Phi) is 10.9. The van der Waals surface area contributed by atoms with Gasteiger partial charge in [0, 0.05) is 52.5 Å². The molecule has 0 saturated heterocycles. The van der Waals surface area contributed by atoms with Crippen molar-refractivity contribution in [2.45, 2.75) is 95.3 Å². The molecule has 0 bridgehead atoms. The highest BCUT2D eigenvalue weighted by Gasteiger charge is 2.44. The maximum Gasteiger partial charge on any atom is 0.294 e. The van der Waals surface area contributed by atoms with Crippen LogP contribution < -0.4 is 4.90 Å². The highest BCUT2D eigenvalue weighted by molar-refractivity contribution is 7.86. The molecule has 8 nitrogen and oxygen atoms in total. The van der Waals surface area contributed by atoms with E-state index in [4.69, 9.17) is 11.6 Å². The van der Waals surface area contributed by atoms with Crippen molar-refractivity contribution in [2.24, 2.45) is 0 Å². The molecule has 0 fully saturated rings. The highest BCUT2D eigenvalue weighted by Crippen LogP contribution is 2.49. The standard InChI is InChI=1S/C38H47ClN2O6S2/c1-6-7-23-40-32-16-9-8-15-30(32)37(2,3)34(40)21-17-27-13-12-14-28(36(27)39)18-22-35-38(4,5)31-26-29(49(45,46)47)19-20-33(31)41(35)24-10-11-25-48(42,43)44/h8-9,15-22,26H,6-7,10-14,23-25H2,1-5H3,(H-,42,43,44,45,46,47)/p+1. The molecule has 2 aliphatic heterocycles. The van der Waals surface area contributed by atoms with Crippen LogP contribution in [0.15, 0.2) is 93.5 Å². The Bertz CT molecular complexity index is 2000. The number of rotatable bonds is 12. The van der Waals surface area contributed by atoms with Gasteiger partial charge in [-0.2, -0.15) is 21.4 Å². The molecule has 11 heteroatoms. The normalized spacial score (nSPS) is 20.6.